The van der Waals surface area contributed by atoms with Crippen molar-refractivity contribution in [3.05, 3.63) is 0 Å². The molecule has 12 N–H and O–H groups in total. The fourth-order valence-corrected chi connectivity index (χ4v) is 2.45. The van der Waals surface area contributed by atoms with Gasteiger partial charge in [0.15, 0.2) is 35.2 Å². The van der Waals surface area contributed by atoms with Crippen LogP contribution in [0.5, 0.6) is 0 Å². The van der Waals surface area contributed by atoms with Gasteiger partial charge in [-0.05, 0) is 25.7 Å². The second-order valence-electron chi connectivity index (χ2n) is 5.90. The second-order valence-corrected chi connectivity index (χ2v) is 5.90. The average Bonchev–Trinajstić information content (AvgIpc) is 2.60. The zero-order chi connectivity index (χ0) is 22.0. The SMILES string of the molecule is CCC1(CC)N=C(N)NC(N)=N1.CCC1(CC)N=C(N)NC(N)=N1.O=C(O)O. The van der Waals surface area contributed by atoms with Gasteiger partial charge < -0.3 is 33.1 Å². The van der Waals surface area contributed by atoms with Gasteiger partial charge in [0, 0.05) is 0 Å². The minimum atomic E-state index is -1.83. The second kappa shape index (κ2) is 10.8. The number of nitrogens with two attached hydrogens (primary N) is 4. The van der Waals surface area contributed by atoms with E-state index >= 15 is 0 Å². The summed E-state index contributed by atoms with van der Waals surface area (Å²) < 4.78 is 0. The molecule has 0 unspecified atom stereocenters. The summed E-state index contributed by atoms with van der Waals surface area (Å²) in [5, 5.41) is 19.3. The molecule has 13 nitrogen and oxygen atoms in total. The minimum absolute atomic E-state index is 0.353. The average molecular weight is 400 g/mol. The first kappa shape index (κ1) is 24.8. The maximum absolute atomic E-state index is 8.56. The van der Waals surface area contributed by atoms with Crippen LogP contribution < -0.4 is 33.6 Å². The van der Waals surface area contributed by atoms with E-state index in [0.29, 0.717) is 23.8 Å². The van der Waals surface area contributed by atoms with Crippen LogP contribution >= 0.6 is 0 Å². The molecule has 0 amide bonds. The lowest BCUT2D eigenvalue weighted by Gasteiger charge is -2.27. The first-order valence-corrected chi connectivity index (χ1v) is 8.84. The molecule has 13 heteroatoms. The van der Waals surface area contributed by atoms with E-state index in [1.165, 1.54) is 0 Å². The highest BCUT2D eigenvalue weighted by molar-refractivity contribution is 5.99. The van der Waals surface area contributed by atoms with Crippen LogP contribution in [-0.2, 0) is 0 Å². The Bertz CT molecular complexity index is 554. The molecule has 0 aliphatic carbocycles. The Hall–Kier alpha value is -3.25. The van der Waals surface area contributed by atoms with E-state index in [2.05, 4.69) is 30.6 Å². The van der Waals surface area contributed by atoms with Gasteiger partial charge in [-0.25, -0.2) is 24.8 Å². The number of aliphatic imine (C=N–C) groups is 4. The summed E-state index contributed by atoms with van der Waals surface area (Å²) in [5.74, 6) is 1.41. The van der Waals surface area contributed by atoms with Crippen molar-refractivity contribution >= 4 is 30.0 Å². The number of carbonyl (C=O) groups is 1. The van der Waals surface area contributed by atoms with Crippen molar-refractivity contribution in [1.82, 2.24) is 10.6 Å². The minimum Gasteiger partial charge on any atom is -0.450 e. The van der Waals surface area contributed by atoms with Gasteiger partial charge in [-0.1, -0.05) is 27.7 Å². The molecule has 0 fully saturated rings. The molecule has 2 heterocycles. The molecule has 160 valence electrons. The first-order chi connectivity index (χ1) is 13.0. The van der Waals surface area contributed by atoms with Crippen molar-refractivity contribution in [3.63, 3.8) is 0 Å². The van der Waals surface area contributed by atoms with E-state index in [0.717, 1.165) is 25.7 Å². The third-order valence-corrected chi connectivity index (χ3v) is 4.09. The number of rotatable bonds is 4. The number of nitrogens with zero attached hydrogens (tertiary/aromatic N) is 4. The fraction of sp³-hybridized carbons (Fsp3) is 0.667. The van der Waals surface area contributed by atoms with Gasteiger partial charge in [0.05, 0.1) is 0 Å². The molecule has 0 atom stereocenters. The molecule has 0 aromatic heterocycles. The Morgan fingerprint density at radius 1 is 0.714 bits per heavy atom. The lowest BCUT2D eigenvalue weighted by atomic mass is 10.1. The van der Waals surface area contributed by atoms with Crippen LogP contribution in [0, 0.1) is 0 Å². The van der Waals surface area contributed by atoms with Gasteiger partial charge in [-0.3, -0.25) is 10.6 Å². The monoisotopic (exact) mass is 400 g/mol. The van der Waals surface area contributed by atoms with Crippen LogP contribution in [0.25, 0.3) is 0 Å². The summed E-state index contributed by atoms with van der Waals surface area (Å²) in [7, 11) is 0. The van der Waals surface area contributed by atoms with E-state index in [4.69, 9.17) is 37.9 Å². The number of hydrogen-bond donors (Lipinski definition) is 8. The largest absolute Gasteiger partial charge is 0.503 e. The predicted molar refractivity (Wildman–Crippen MR) is 110 cm³/mol. The Labute approximate surface area is 164 Å². The molecule has 0 saturated carbocycles. The lowest BCUT2D eigenvalue weighted by Crippen LogP contribution is -2.49. The van der Waals surface area contributed by atoms with Crippen molar-refractivity contribution in [2.75, 3.05) is 0 Å². The smallest absolute Gasteiger partial charge is 0.450 e. The maximum Gasteiger partial charge on any atom is 0.503 e. The zero-order valence-corrected chi connectivity index (χ0v) is 16.7. The highest BCUT2D eigenvalue weighted by Gasteiger charge is 2.28. The summed E-state index contributed by atoms with van der Waals surface area (Å²) >= 11 is 0. The molecule has 0 spiro atoms. The highest BCUT2D eigenvalue weighted by atomic mass is 16.6. The number of hydrogen-bond acceptors (Lipinski definition) is 11. The summed E-state index contributed by atoms with van der Waals surface area (Å²) in [4.78, 5) is 25.4. The molecule has 0 radical (unpaired) electrons. The van der Waals surface area contributed by atoms with Crippen molar-refractivity contribution in [2.45, 2.75) is 64.7 Å². The van der Waals surface area contributed by atoms with Crippen LogP contribution in [-0.4, -0.2) is 51.5 Å². The van der Waals surface area contributed by atoms with Crippen molar-refractivity contribution in [1.29, 1.82) is 0 Å². The van der Waals surface area contributed by atoms with Gasteiger partial charge in [-0.15, -0.1) is 0 Å². The third-order valence-electron chi connectivity index (χ3n) is 4.09. The molecular weight excluding hydrogens is 368 g/mol. The molecule has 28 heavy (non-hydrogen) atoms. The maximum atomic E-state index is 8.56. The van der Waals surface area contributed by atoms with E-state index in [1.54, 1.807) is 0 Å². The van der Waals surface area contributed by atoms with Gasteiger partial charge >= 0.3 is 6.16 Å². The normalized spacial score (nSPS) is 18.7. The quantitative estimate of drug-likeness (QED) is 0.308. The summed E-state index contributed by atoms with van der Waals surface area (Å²) in [6.45, 7) is 8.06. The van der Waals surface area contributed by atoms with Gasteiger partial charge in [0.25, 0.3) is 0 Å². The predicted octanol–water partition coefficient (Wildman–Crippen LogP) is -0.307. The molecule has 0 saturated heterocycles. The number of nitrogens with one attached hydrogen (secondary N) is 2. The summed E-state index contributed by atoms with van der Waals surface area (Å²) in [6, 6.07) is 0. The standard InChI is InChI=1S/2C7H15N5.CH2O3/c2*1-3-7(4-2)11-5(8)10-6(9)12-7;2-1(3)4/h2*3-4H2,1-2H3,(H5,8,9,10,11,12);(H2,2,3,4). The van der Waals surface area contributed by atoms with Crippen LogP contribution in [0.15, 0.2) is 20.0 Å². The highest BCUT2D eigenvalue weighted by Crippen LogP contribution is 2.23. The van der Waals surface area contributed by atoms with Crippen LogP contribution in [0.3, 0.4) is 0 Å². The van der Waals surface area contributed by atoms with Crippen LogP contribution in [0.4, 0.5) is 4.79 Å². The van der Waals surface area contributed by atoms with Crippen molar-refractivity contribution in [2.24, 2.45) is 42.9 Å². The van der Waals surface area contributed by atoms with Crippen molar-refractivity contribution in [3.8, 4) is 0 Å². The lowest BCUT2D eigenvalue weighted by molar-refractivity contribution is 0.137. The molecule has 2 aliphatic rings. The van der Waals surface area contributed by atoms with Crippen LogP contribution in [0.2, 0.25) is 0 Å². The number of guanidine groups is 4. The molecule has 0 bridgehead atoms. The van der Waals surface area contributed by atoms with E-state index in [1.807, 2.05) is 27.7 Å². The van der Waals surface area contributed by atoms with Gasteiger partial charge in [0.2, 0.25) is 0 Å². The summed E-state index contributed by atoms with van der Waals surface area (Å²) in [6.07, 6.45) is 1.42. The summed E-state index contributed by atoms with van der Waals surface area (Å²) in [5.41, 5.74) is 21.3. The van der Waals surface area contributed by atoms with E-state index in [9.17, 15) is 0 Å². The molecular formula is C15H32N10O3. The van der Waals surface area contributed by atoms with Gasteiger partial charge in [-0.2, -0.15) is 0 Å². The molecule has 0 aromatic carbocycles. The van der Waals surface area contributed by atoms with E-state index < -0.39 is 17.5 Å². The first-order valence-electron chi connectivity index (χ1n) is 8.84. The Balaban J connectivity index is 0.000000439. The van der Waals surface area contributed by atoms with E-state index in [-0.39, 0.29) is 0 Å². The molecule has 2 rings (SSSR count). The third kappa shape index (κ3) is 7.97. The Morgan fingerprint density at radius 2 is 0.893 bits per heavy atom. The topological polar surface area (TPSA) is 235 Å². The van der Waals surface area contributed by atoms with Gasteiger partial charge in [0.1, 0.15) is 0 Å². The zero-order valence-electron chi connectivity index (χ0n) is 16.7. The van der Waals surface area contributed by atoms with Crippen LogP contribution in [0.1, 0.15) is 53.4 Å². The molecule has 0 aromatic rings. The number of carboxylic acid groups (broad SMARTS) is 2. The molecule has 2 aliphatic heterocycles. The van der Waals surface area contributed by atoms with Crippen molar-refractivity contribution < 1.29 is 15.0 Å². The Kier molecular flexibility index (Phi) is 9.54. The Morgan fingerprint density at radius 3 is 1.04 bits per heavy atom. The fourth-order valence-electron chi connectivity index (χ4n) is 2.45.